The van der Waals surface area contributed by atoms with Gasteiger partial charge in [0.2, 0.25) is 0 Å². The van der Waals surface area contributed by atoms with Crippen molar-refractivity contribution in [3.05, 3.63) is 59.2 Å². The van der Waals surface area contributed by atoms with Gasteiger partial charge in [0.1, 0.15) is 13.2 Å². The lowest BCUT2D eigenvalue weighted by Crippen LogP contribution is -2.13. The second-order valence-electron chi connectivity index (χ2n) is 15.2. The SMILES string of the molecule is CCCCC/C=C\C/C=C\CCCCCCCC(=O)OCc1cc(CNC)cc(COC(=O)CC(CCCCCCCC)CCCCCCCC)c1. The van der Waals surface area contributed by atoms with Gasteiger partial charge in [0.05, 0.1) is 0 Å². The Morgan fingerprint density at radius 2 is 1.00 bits per heavy atom. The fourth-order valence-corrected chi connectivity index (χ4v) is 6.86. The smallest absolute Gasteiger partial charge is 0.306 e. The van der Waals surface area contributed by atoms with Crippen LogP contribution in [0.25, 0.3) is 0 Å². The quantitative estimate of drug-likeness (QED) is 0.0424. The lowest BCUT2D eigenvalue weighted by Gasteiger charge is -2.17. The second-order valence-corrected chi connectivity index (χ2v) is 15.2. The van der Waals surface area contributed by atoms with Crippen LogP contribution in [0.5, 0.6) is 0 Å². The molecule has 1 N–H and O–H groups in total. The topological polar surface area (TPSA) is 64.6 Å². The molecule has 0 spiro atoms. The minimum atomic E-state index is -0.139. The summed E-state index contributed by atoms with van der Waals surface area (Å²) in [7, 11) is 1.92. The molecule has 0 aliphatic heterocycles. The predicted molar refractivity (Wildman–Crippen MR) is 222 cm³/mol. The molecule has 0 aromatic heterocycles. The van der Waals surface area contributed by atoms with E-state index in [0.29, 0.717) is 25.3 Å². The van der Waals surface area contributed by atoms with Crippen molar-refractivity contribution < 1.29 is 19.1 Å². The van der Waals surface area contributed by atoms with Gasteiger partial charge in [-0.2, -0.15) is 0 Å². The fourth-order valence-electron chi connectivity index (χ4n) is 6.86. The number of carbonyl (C=O) groups is 2. The lowest BCUT2D eigenvalue weighted by molar-refractivity contribution is -0.146. The van der Waals surface area contributed by atoms with Gasteiger partial charge >= 0.3 is 11.9 Å². The van der Waals surface area contributed by atoms with Gasteiger partial charge in [0.25, 0.3) is 0 Å². The zero-order valence-electron chi connectivity index (χ0n) is 34.5. The van der Waals surface area contributed by atoms with Gasteiger partial charge in [-0.3, -0.25) is 9.59 Å². The average Bonchev–Trinajstić information content (AvgIpc) is 3.14. The van der Waals surface area contributed by atoms with E-state index in [4.69, 9.17) is 9.47 Å². The Hall–Kier alpha value is -2.40. The third-order valence-electron chi connectivity index (χ3n) is 10.0. The molecule has 0 fully saturated rings. The first-order valence-corrected chi connectivity index (χ1v) is 21.9. The van der Waals surface area contributed by atoms with E-state index < -0.39 is 0 Å². The van der Waals surface area contributed by atoms with E-state index in [2.05, 4.69) is 62.5 Å². The summed E-state index contributed by atoms with van der Waals surface area (Å²) in [4.78, 5) is 25.6. The van der Waals surface area contributed by atoms with Crippen molar-refractivity contribution in [1.82, 2.24) is 5.32 Å². The van der Waals surface area contributed by atoms with Crippen molar-refractivity contribution in [2.75, 3.05) is 7.05 Å². The standard InChI is InChI=1S/C47H81NO4/c1-5-8-11-14-17-18-19-20-21-22-23-24-25-28-31-34-46(49)51-40-44-35-43(39-48-4)36-45(37-44)41-52-47(50)38-42(32-29-26-15-12-9-6-2)33-30-27-16-13-10-7-3/h17-18,20-21,35-37,42,48H,5-16,19,22-34,38-41H2,1-4H3/b18-17-,21-20-. The maximum atomic E-state index is 13.1. The van der Waals surface area contributed by atoms with Crippen LogP contribution in [0.3, 0.4) is 0 Å². The summed E-state index contributed by atoms with van der Waals surface area (Å²) in [6.07, 6.45) is 40.6. The first-order valence-electron chi connectivity index (χ1n) is 21.9. The Labute approximate surface area is 321 Å². The molecule has 0 amide bonds. The third kappa shape index (κ3) is 29.1. The zero-order chi connectivity index (χ0) is 37.7. The van der Waals surface area contributed by atoms with Gasteiger partial charge in [0, 0.05) is 19.4 Å². The van der Waals surface area contributed by atoms with Gasteiger partial charge in [-0.1, -0.05) is 166 Å². The van der Waals surface area contributed by atoms with Gasteiger partial charge in [0.15, 0.2) is 0 Å². The number of nitrogens with one attached hydrogen (secondary N) is 1. The summed E-state index contributed by atoms with van der Waals surface area (Å²) >= 11 is 0. The summed E-state index contributed by atoms with van der Waals surface area (Å²) in [6, 6.07) is 6.17. The minimum Gasteiger partial charge on any atom is -0.461 e. The number of carbonyl (C=O) groups excluding carboxylic acids is 2. The highest BCUT2D eigenvalue weighted by Crippen LogP contribution is 2.23. The van der Waals surface area contributed by atoms with Crippen LogP contribution in [0.1, 0.15) is 211 Å². The number of allylic oxidation sites excluding steroid dienone is 4. The summed E-state index contributed by atoms with van der Waals surface area (Å²) in [5, 5.41) is 3.21. The number of unbranched alkanes of at least 4 members (excludes halogenated alkanes) is 18. The van der Waals surface area contributed by atoms with E-state index >= 15 is 0 Å². The Kier molecular flexibility index (Phi) is 32.6. The number of esters is 2. The van der Waals surface area contributed by atoms with Crippen molar-refractivity contribution >= 4 is 11.9 Å². The van der Waals surface area contributed by atoms with Crippen molar-refractivity contribution in [2.24, 2.45) is 5.92 Å². The molecule has 0 aliphatic carbocycles. The first kappa shape index (κ1) is 47.6. The van der Waals surface area contributed by atoms with Crippen molar-refractivity contribution in [2.45, 2.75) is 214 Å². The number of hydrogen-bond acceptors (Lipinski definition) is 5. The summed E-state index contributed by atoms with van der Waals surface area (Å²) in [6.45, 7) is 7.97. The van der Waals surface area contributed by atoms with E-state index in [0.717, 1.165) is 61.6 Å². The molecule has 0 atom stereocenters. The fraction of sp³-hybridized carbons (Fsp3) is 0.745. The molecular weight excluding hydrogens is 643 g/mol. The van der Waals surface area contributed by atoms with Crippen LogP contribution >= 0.6 is 0 Å². The second kappa shape index (κ2) is 35.6. The largest absolute Gasteiger partial charge is 0.461 e. The Balaban J connectivity index is 2.43. The highest BCUT2D eigenvalue weighted by atomic mass is 16.5. The molecule has 1 rings (SSSR count). The molecule has 1 aromatic carbocycles. The van der Waals surface area contributed by atoms with Gasteiger partial charge in [-0.05, 0) is 87.1 Å². The molecule has 0 aliphatic rings. The molecular formula is C47H81NO4. The molecule has 0 radical (unpaired) electrons. The van der Waals surface area contributed by atoms with Crippen LogP contribution in [-0.2, 0) is 38.8 Å². The maximum absolute atomic E-state index is 13.1. The van der Waals surface area contributed by atoms with E-state index in [1.54, 1.807) is 0 Å². The number of rotatable bonds is 36. The summed E-state index contributed by atoms with van der Waals surface area (Å²) < 4.78 is 11.5. The maximum Gasteiger partial charge on any atom is 0.306 e. The van der Waals surface area contributed by atoms with Crippen LogP contribution in [-0.4, -0.2) is 19.0 Å². The Morgan fingerprint density at radius 1 is 0.558 bits per heavy atom. The first-order chi connectivity index (χ1) is 25.5. The van der Waals surface area contributed by atoms with Gasteiger partial charge in [-0.25, -0.2) is 0 Å². The average molecular weight is 724 g/mol. The molecule has 1 aromatic rings. The van der Waals surface area contributed by atoms with Crippen LogP contribution in [0.4, 0.5) is 0 Å². The molecule has 298 valence electrons. The summed E-state index contributed by atoms with van der Waals surface area (Å²) in [5.74, 6) is 0.181. The predicted octanol–water partition coefficient (Wildman–Crippen LogP) is 13.8. The van der Waals surface area contributed by atoms with E-state index in [1.807, 2.05) is 13.1 Å². The van der Waals surface area contributed by atoms with Gasteiger partial charge < -0.3 is 14.8 Å². The van der Waals surface area contributed by atoms with Crippen LogP contribution in [0.2, 0.25) is 0 Å². The van der Waals surface area contributed by atoms with Crippen LogP contribution < -0.4 is 5.32 Å². The molecule has 0 bridgehead atoms. The van der Waals surface area contributed by atoms with E-state index in [-0.39, 0.29) is 25.2 Å². The minimum absolute atomic E-state index is 0.0913. The van der Waals surface area contributed by atoms with E-state index in [9.17, 15) is 9.59 Å². The summed E-state index contributed by atoms with van der Waals surface area (Å²) in [5.41, 5.74) is 2.99. The molecule has 0 saturated heterocycles. The highest BCUT2D eigenvalue weighted by molar-refractivity contribution is 5.70. The molecule has 5 nitrogen and oxygen atoms in total. The van der Waals surface area contributed by atoms with E-state index in [1.165, 1.54) is 116 Å². The molecule has 0 saturated carbocycles. The van der Waals surface area contributed by atoms with Crippen molar-refractivity contribution in [3.63, 3.8) is 0 Å². The highest BCUT2D eigenvalue weighted by Gasteiger charge is 2.16. The molecule has 0 unspecified atom stereocenters. The van der Waals surface area contributed by atoms with Crippen molar-refractivity contribution in [3.8, 4) is 0 Å². The monoisotopic (exact) mass is 724 g/mol. The zero-order valence-corrected chi connectivity index (χ0v) is 34.5. The van der Waals surface area contributed by atoms with Crippen molar-refractivity contribution in [1.29, 1.82) is 0 Å². The number of ether oxygens (including phenoxy) is 2. The van der Waals surface area contributed by atoms with Crippen LogP contribution in [0, 0.1) is 5.92 Å². The molecule has 52 heavy (non-hydrogen) atoms. The number of benzene rings is 1. The number of hydrogen-bond donors (Lipinski definition) is 1. The third-order valence-corrected chi connectivity index (χ3v) is 10.0. The molecule has 0 heterocycles. The lowest BCUT2D eigenvalue weighted by atomic mass is 9.91. The molecule has 5 heteroatoms. The normalized spacial score (nSPS) is 11.7. The Bertz CT molecular complexity index is 1030. The van der Waals surface area contributed by atoms with Gasteiger partial charge in [-0.15, -0.1) is 0 Å². The Morgan fingerprint density at radius 3 is 1.56 bits per heavy atom. The van der Waals surface area contributed by atoms with Crippen LogP contribution in [0.15, 0.2) is 42.5 Å².